The molecule has 0 bridgehead atoms. The normalized spacial score (nSPS) is 9.77. The highest BCUT2D eigenvalue weighted by Crippen LogP contribution is 2.22. The van der Waals surface area contributed by atoms with Crippen molar-refractivity contribution >= 4 is 22.4 Å². The maximum absolute atomic E-state index is 11.1. The van der Waals surface area contributed by atoms with Gasteiger partial charge >= 0.3 is 5.97 Å². The smallest absolute Gasteiger partial charge is 0.357 e. The summed E-state index contributed by atoms with van der Waals surface area (Å²) in [7, 11) is 1.36. The van der Waals surface area contributed by atoms with Gasteiger partial charge in [0.15, 0.2) is 10.8 Å². The monoisotopic (exact) mass is 200 g/mol. The van der Waals surface area contributed by atoms with Crippen LogP contribution >= 0.6 is 11.3 Å². The molecule has 13 heavy (non-hydrogen) atoms. The van der Waals surface area contributed by atoms with E-state index in [4.69, 9.17) is 0 Å². The van der Waals surface area contributed by atoms with Crippen molar-refractivity contribution in [3.63, 3.8) is 0 Å². The van der Waals surface area contributed by atoms with E-state index in [2.05, 4.69) is 15.0 Å². The number of carbonyl (C=O) groups is 1. The molecule has 1 aromatic rings. The topological polar surface area (TPSA) is 51.2 Å². The predicted molar refractivity (Wildman–Crippen MR) is 52.4 cm³/mol. The van der Waals surface area contributed by atoms with Gasteiger partial charge in [0.25, 0.3) is 0 Å². The zero-order valence-corrected chi connectivity index (χ0v) is 8.70. The Hall–Kier alpha value is -1.10. The first-order valence-corrected chi connectivity index (χ1v) is 4.80. The number of anilines is 1. The quantitative estimate of drug-likeness (QED) is 0.754. The minimum absolute atomic E-state index is 0.377. The third kappa shape index (κ3) is 2.18. The van der Waals surface area contributed by atoms with E-state index in [9.17, 15) is 4.79 Å². The van der Waals surface area contributed by atoms with Gasteiger partial charge in [-0.1, -0.05) is 0 Å². The van der Waals surface area contributed by atoms with Crippen LogP contribution in [0.1, 0.15) is 22.3 Å². The van der Waals surface area contributed by atoms with Gasteiger partial charge < -0.3 is 10.1 Å². The molecule has 0 aromatic carbocycles. The second-order valence-corrected chi connectivity index (χ2v) is 3.65. The molecule has 0 saturated heterocycles. The highest BCUT2D eigenvalue weighted by atomic mass is 32.1. The maximum atomic E-state index is 11.1. The van der Waals surface area contributed by atoms with E-state index >= 15 is 0 Å². The van der Waals surface area contributed by atoms with Gasteiger partial charge in [0, 0.05) is 11.4 Å². The summed E-state index contributed by atoms with van der Waals surface area (Å²) < 4.78 is 4.59. The molecular weight excluding hydrogens is 188 g/mol. The van der Waals surface area contributed by atoms with Crippen molar-refractivity contribution in [2.24, 2.45) is 0 Å². The Kier molecular flexibility index (Phi) is 3.25. The zero-order chi connectivity index (χ0) is 9.84. The predicted octanol–water partition coefficient (Wildman–Crippen LogP) is 1.67. The fourth-order valence-corrected chi connectivity index (χ4v) is 1.78. The molecule has 72 valence electrons. The first-order chi connectivity index (χ1) is 6.19. The standard InChI is InChI=1S/C8H12N2O2S/c1-4-9-8-10-6(5(2)13-8)7(11)12-3/h4H2,1-3H3,(H,9,10). The molecule has 0 atom stereocenters. The molecule has 0 aliphatic heterocycles. The van der Waals surface area contributed by atoms with Crippen LogP contribution in [-0.4, -0.2) is 24.6 Å². The van der Waals surface area contributed by atoms with Crippen molar-refractivity contribution < 1.29 is 9.53 Å². The number of esters is 1. The molecular formula is C8H12N2O2S. The van der Waals surface area contributed by atoms with Crippen LogP contribution in [-0.2, 0) is 4.74 Å². The summed E-state index contributed by atoms with van der Waals surface area (Å²) in [5.74, 6) is -0.377. The Morgan fingerprint density at radius 2 is 2.38 bits per heavy atom. The van der Waals surface area contributed by atoms with E-state index in [1.54, 1.807) is 0 Å². The minimum Gasteiger partial charge on any atom is -0.464 e. The first-order valence-electron chi connectivity index (χ1n) is 3.98. The van der Waals surface area contributed by atoms with Crippen LogP contribution in [0.25, 0.3) is 0 Å². The summed E-state index contributed by atoms with van der Waals surface area (Å²) in [5, 5.41) is 3.81. The number of carbonyl (C=O) groups excluding carboxylic acids is 1. The zero-order valence-electron chi connectivity index (χ0n) is 7.88. The van der Waals surface area contributed by atoms with Gasteiger partial charge in [-0.2, -0.15) is 0 Å². The van der Waals surface area contributed by atoms with Crippen molar-refractivity contribution in [3.05, 3.63) is 10.6 Å². The Labute approximate surface area is 80.9 Å². The highest BCUT2D eigenvalue weighted by Gasteiger charge is 2.14. The lowest BCUT2D eigenvalue weighted by atomic mass is 10.4. The van der Waals surface area contributed by atoms with E-state index in [1.165, 1.54) is 18.4 Å². The third-order valence-corrected chi connectivity index (χ3v) is 2.43. The summed E-state index contributed by atoms with van der Waals surface area (Å²) in [6.45, 7) is 4.63. The number of aromatic nitrogens is 1. The Balaban J connectivity index is 2.89. The van der Waals surface area contributed by atoms with E-state index in [1.807, 2.05) is 13.8 Å². The third-order valence-electron chi connectivity index (χ3n) is 1.50. The molecule has 0 unspecified atom stereocenters. The minimum atomic E-state index is -0.377. The molecule has 0 spiro atoms. The van der Waals surface area contributed by atoms with E-state index in [0.29, 0.717) is 5.69 Å². The van der Waals surface area contributed by atoms with Crippen molar-refractivity contribution in [1.29, 1.82) is 0 Å². The van der Waals surface area contributed by atoms with Gasteiger partial charge in [-0.3, -0.25) is 0 Å². The molecule has 1 heterocycles. The lowest BCUT2D eigenvalue weighted by Crippen LogP contribution is -2.04. The number of hydrogen-bond acceptors (Lipinski definition) is 5. The van der Waals surface area contributed by atoms with E-state index in [0.717, 1.165) is 16.6 Å². The SMILES string of the molecule is CCNc1nc(C(=O)OC)c(C)s1. The number of rotatable bonds is 3. The van der Waals surface area contributed by atoms with Gasteiger partial charge in [-0.15, -0.1) is 11.3 Å². The fraction of sp³-hybridized carbons (Fsp3) is 0.500. The van der Waals surface area contributed by atoms with E-state index in [-0.39, 0.29) is 5.97 Å². The first kappa shape index (κ1) is 9.98. The Morgan fingerprint density at radius 1 is 1.69 bits per heavy atom. The lowest BCUT2D eigenvalue weighted by molar-refractivity contribution is 0.0594. The second-order valence-electron chi connectivity index (χ2n) is 2.45. The van der Waals surface area contributed by atoms with Crippen LogP contribution in [0.2, 0.25) is 0 Å². The van der Waals surface area contributed by atoms with Crippen molar-refractivity contribution in [2.75, 3.05) is 19.0 Å². The molecule has 0 aliphatic rings. The van der Waals surface area contributed by atoms with Crippen LogP contribution in [0.15, 0.2) is 0 Å². The van der Waals surface area contributed by atoms with Gasteiger partial charge in [-0.05, 0) is 13.8 Å². The van der Waals surface area contributed by atoms with E-state index < -0.39 is 0 Å². The molecule has 1 N–H and O–H groups in total. The number of aryl methyl sites for hydroxylation is 1. The van der Waals surface area contributed by atoms with Crippen LogP contribution in [0, 0.1) is 6.92 Å². The molecule has 1 rings (SSSR count). The number of thiazole rings is 1. The average Bonchev–Trinajstić information content (AvgIpc) is 2.46. The molecule has 0 amide bonds. The fourth-order valence-electron chi connectivity index (χ4n) is 0.909. The maximum Gasteiger partial charge on any atom is 0.357 e. The van der Waals surface area contributed by atoms with Gasteiger partial charge in [0.2, 0.25) is 0 Å². The number of nitrogens with zero attached hydrogens (tertiary/aromatic N) is 1. The number of ether oxygens (including phenoxy) is 1. The van der Waals surface area contributed by atoms with Crippen molar-refractivity contribution in [2.45, 2.75) is 13.8 Å². The largest absolute Gasteiger partial charge is 0.464 e. The van der Waals surface area contributed by atoms with Crippen LogP contribution in [0.3, 0.4) is 0 Å². The summed E-state index contributed by atoms with van der Waals surface area (Å²) >= 11 is 1.46. The van der Waals surface area contributed by atoms with Crippen molar-refractivity contribution in [3.8, 4) is 0 Å². The van der Waals surface area contributed by atoms with Crippen molar-refractivity contribution in [1.82, 2.24) is 4.98 Å². The molecule has 5 heteroatoms. The number of hydrogen-bond donors (Lipinski definition) is 1. The summed E-state index contributed by atoms with van der Waals surface area (Å²) in [6, 6.07) is 0. The molecule has 0 saturated carbocycles. The van der Waals surface area contributed by atoms with Gasteiger partial charge in [0.1, 0.15) is 0 Å². The molecule has 0 radical (unpaired) electrons. The number of methoxy groups -OCH3 is 1. The summed E-state index contributed by atoms with van der Waals surface area (Å²) in [5.41, 5.74) is 0.406. The number of nitrogens with one attached hydrogen (secondary N) is 1. The molecule has 1 aromatic heterocycles. The molecule has 0 fully saturated rings. The van der Waals surface area contributed by atoms with Crippen LogP contribution in [0.5, 0.6) is 0 Å². The lowest BCUT2D eigenvalue weighted by Gasteiger charge is -1.94. The average molecular weight is 200 g/mol. The second kappa shape index (κ2) is 4.23. The van der Waals surface area contributed by atoms with Crippen LogP contribution in [0.4, 0.5) is 5.13 Å². The Bertz CT molecular complexity index is 309. The van der Waals surface area contributed by atoms with Gasteiger partial charge in [0.05, 0.1) is 7.11 Å². The van der Waals surface area contributed by atoms with Crippen LogP contribution < -0.4 is 5.32 Å². The summed E-state index contributed by atoms with van der Waals surface area (Å²) in [4.78, 5) is 16.1. The summed E-state index contributed by atoms with van der Waals surface area (Å²) in [6.07, 6.45) is 0. The molecule has 0 aliphatic carbocycles. The van der Waals surface area contributed by atoms with Gasteiger partial charge in [-0.25, -0.2) is 9.78 Å². The Morgan fingerprint density at radius 3 is 2.92 bits per heavy atom. The molecule has 4 nitrogen and oxygen atoms in total. The highest BCUT2D eigenvalue weighted by molar-refractivity contribution is 7.15.